The quantitative estimate of drug-likeness (QED) is 0.297. The third-order valence-corrected chi connectivity index (χ3v) is 6.40. The molecule has 0 bridgehead atoms. The van der Waals surface area contributed by atoms with Crippen molar-refractivity contribution in [2.24, 2.45) is 0 Å². The molecule has 1 aromatic heterocycles. The minimum absolute atomic E-state index is 0.0586. The van der Waals surface area contributed by atoms with Crippen LogP contribution in [0.2, 0.25) is 0 Å². The maximum absolute atomic E-state index is 15.3. The molecule has 0 N–H and O–H groups in total. The zero-order chi connectivity index (χ0) is 22.2. The predicted octanol–water partition coefficient (Wildman–Crippen LogP) is 5.12. The summed E-state index contributed by atoms with van der Waals surface area (Å²) in [5.41, 5.74) is 2.31. The van der Waals surface area contributed by atoms with Gasteiger partial charge in [0.2, 0.25) is 0 Å². The van der Waals surface area contributed by atoms with Gasteiger partial charge in [-0.2, -0.15) is 0 Å². The van der Waals surface area contributed by atoms with Crippen LogP contribution >= 0.6 is 33.9 Å². The summed E-state index contributed by atoms with van der Waals surface area (Å²) in [5.74, 6) is -2.11. The normalized spacial score (nSPS) is 18.0. The fraction of sp³-hybridized carbons (Fsp3) is 0.364. The lowest BCUT2D eigenvalue weighted by Crippen LogP contribution is -2.25. The average Bonchev–Trinajstić information content (AvgIpc) is 3.31. The molecule has 2 heterocycles. The molecule has 0 saturated carbocycles. The van der Waals surface area contributed by atoms with Crippen molar-refractivity contribution in [1.29, 1.82) is 0 Å². The average molecular weight is 559 g/mol. The number of nitrogens with zero attached hydrogens (tertiary/aromatic N) is 1. The molecule has 1 unspecified atom stereocenters. The number of benzene rings is 2. The van der Waals surface area contributed by atoms with Crippen LogP contribution in [-0.2, 0) is 20.6 Å². The first kappa shape index (κ1) is 22.7. The molecule has 0 spiro atoms. The van der Waals surface area contributed by atoms with E-state index in [1.165, 1.54) is 22.9 Å². The van der Waals surface area contributed by atoms with E-state index in [1.807, 2.05) is 22.6 Å². The number of rotatable bonds is 7. The van der Waals surface area contributed by atoms with E-state index in [9.17, 15) is 9.18 Å². The highest BCUT2D eigenvalue weighted by Crippen LogP contribution is 2.30. The highest BCUT2D eigenvalue weighted by Gasteiger charge is 2.33. The Balaban J connectivity index is 1.57. The van der Waals surface area contributed by atoms with Gasteiger partial charge in [-0.25, -0.2) is 13.8 Å². The van der Waals surface area contributed by atoms with Crippen LogP contribution in [0.15, 0.2) is 29.8 Å². The molecular weight excluding hydrogens is 539 g/mol. The second kappa shape index (κ2) is 9.14. The lowest BCUT2D eigenvalue weighted by Gasteiger charge is -2.17. The number of carbonyl (C=O) groups is 1. The number of hydrogen-bond acceptors (Lipinski definition) is 6. The molecule has 9 heteroatoms. The van der Waals surface area contributed by atoms with Gasteiger partial charge < -0.3 is 14.2 Å². The van der Waals surface area contributed by atoms with Crippen molar-refractivity contribution in [1.82, 2.24) is 4.98 Å². The highest BCUT2D eigenvalue weighted by molar-refractivity contribution is 14.1. The van der Waals surface area contributed by atoms with Gasteiger partial charge in [0.15, 0.2) is 17.4 Å². The SMILES string of the molecule is CC1(C)OCC(COCC(=O)c2cc3scnc3c(F)c2Cc2ccc(I)cc2F)O1. The monoisotopic (exact) mass is 559 g/mol. The Bertz CT molecular complexity index is 1130. The standard InChI is InChI=1S/C22H20F2INO4S/c1-22(2)29-9-14(30-22)8-28-10-18(27)15-7-19-21(26-11-31-19)20(24)16(15)5-12-3-4-13(25)6-17(12)23/h3-4,6-7,11,14H,5,8-10H2,1-2H3. The van der Waals surface area contributed by atoms with Gasteiger partial charge in [-0.1, -0.05) is 6.07 Å². The minimum Gasteiger partial charge on any atom is -0.371 e. The van der Waals surface area contributed by atoms with Crippen molar-refractivity contribution in [2.75, 3.05) is 19.8 Å². The van der Waals surface area contributed by atoms with Crippen molar-refractivity contribution < 1.29 is 27.8 Å². The lowest BCUT2D eigenvalue weighted by molar-refractivity contribution is -0.144. The van der Waals surface area contributed by atoms with E-state index in [0.717, 1.165) is 3.57 Å². The van der Waals surface area contributed by atoms with Gasteiger partial charge >= 0.3 is 0 Å². The second-order valence-electron chi connectivity index (χ2n) is 7.72. The van der Waals surface area contributed by atoms with Gasteiger partial charge in [0.25, 0.3) is 0 Å². The summed E-state index contributed by atoms with van der Waals surface area (Å²) < 4.78 is 47.7. The molecule has 0 aliphatic carbocycles. The van der Waals surface area contributed by atoms with Crippen LogP contribution in [0.4, 0.5) is 8.78 Å². The number of halogens is 3. The van der Waals surface area contributed by atoms with Gasteiger partial charge in [0.1, 0.15) is 24.0 Å². The fourth-order valence-electron chi connectivity index (χ4n) is 3.48. The number of thiazole rings is 1. The van der Waals surface area contributed by atoms with Gasteiger partial charge in [-0.15, -0.1) is 11.3 Å². The predicted molar refractivity (Wildman–Crippen MR) is 122 cm³/mol. The second-order valence-corrected chi connectivity index (χ2v) is 9.85. The summed E-state index contributed by atoms with van der Waals surface area (Å²) in [7, 11) is 0. The largest absolute Gasteiger partial charge is 0.371 e. The number of carbonyl (C=O) groups excluding carboxylic acids is 1. The van der Waals surface area contributed by atoms with Crippen LogP contribution in [-0.4, -0.2) is 42.5 Å². The van der Waals surface area contributed by atoms with Gasteiger partial charge in [0, 0.05) is 21.1 Å². The number of fused-ring (bicyclic) bond motifs is 1. The molecule has 4 rings (SSSR count). The summed E-state index contributed by atoms with van der Waals surface area (Å²) in [5, 5.41) is 0. The Kier molecular flexibility index (Phi) is 6.68. The van der Waals surface area contributed by atoms with Crippen LogP contribution in [0.5, 0.6) is 0 Å². The van der Waals surface area contributed by atoms with Crippen LogP contribution in [0.3, 0.4) is 0 Å². The van der Waals surface area contributed by atoms with Crippen LogP contribution in [0.1, 0.15) is 35.3 Å². The highest BCUT2D eigenvalue weighted by atomic mass is 127. The van der Waals surface area contributed by atoms with Crippen molar-refractivity contribution in [3.05, 3.63) is 61.7 Å². The van der Waals surface area contributed by atoms with Crippen molar-refractivity contribution >= 4 is 49.9 Å². The topological polar surface area (TPSA) is 57.7 Å². The number of hydrogen-bond donors (Lipinski definition) is 0. The molecule has 1 atom stereocenters. The molecule has 3 aromatic rings. The fourth-order valence-corrected chi connectivity index (χ4v) is 4.65. The van der Waals surface area contributed by atoms with Gasteiger partial charge in [-0.3, -0.25) is 4.79 Å². The van der Waals surface area contributed by atoms with E-state index >= 15 is 4.39 Å². The zero-order valence-corrected chi connectivity index (χ0v) is 19.9. The number of ketones is 1. The van der Waals surface area contributed by atoms with E-state index in [2.05, 4.69) is 4.98 Å². The zero-order valence-electron chi connectivity index (χ0n) is 16.9. The molecule has 0 amide bonds. The maximum Gasteiger partial charge on any atom is 0.188 e. The summed E-state index contributed by atoms with van der Waals surface area (Å²) in [6, 6.07) is 6.34. The van der Waals surface area contributed by atoms with E-state index in [1.54, 1.807) is 32.0 Å². The first-order valence-corrected chi connectivity index (χ1v) is 11.6. The van der Waals surface area contributed by atoms with E-state index in [-0.39, 0.29) is 48.2 Å². The van der Waals surface area contributed by atoms with E-state index in [0.29, 0.717) is 16.9 Å². The van der Waals surface area contributed by atoms with Crippen LogP contribution < -0.4 is 0 Å². The molecule has 2 aromatic carbocycles. The third kappa shape index (κ3) is 5.11. The minimum atomic E-state index is -0.677. The molecule has 31 heavy (non-hydrogen) atoms. The Labute approximate surface area is 195 Å². The molecule has 1 aliphatic rings. The molecule has 164 valence electrons. The molecule has 0 radical (unpaired) electrons. The first-order valence-electron chi connectivity index (χ1n) is 9.65. The lowest BCUT2D eigenvalue weighted by atomic mass is 9.96. The van der Waals surface area contributed by atoms with Crippen molar-refractivity contribution in [2.45, 2.75) is 32.2 Å². The summed E-state index contributed by atoms with van der Waals surface area (Å²) in [4.78, 5) is 17.0. The smallest absolute Gasteiger partial charge is 0.188 e. The maximum atomic E-state index is 15.3. The number of aromatic nitrogens is 1. The van der Waals surface area contributed by atoms with Crippen LogP contribution in [0, 0.1) is 15.2 Å². The molecule has 1 aliphatic heterocycles. The summed E-state index contributed by atoms with van der Waals surface area (Å²) in [6.07, 6.45) is -0.333. The number of Topliss-reactive ketones (excluding diaryl/α,β-unsaturated/α-hetero) is 1. The Hall–Kier alpha value is -1.53. The first-order chi connectivity index (χ1) is 14.7. The molecular formula is C22H20F2INO4S. The summed E-state index contributed by atoms with van der Waals surface area (Å²) in [6.45, 7) is 3.93. The Morgan fingerprint density at radius 2 is 2.16 bits per heavy atom. The Morgan fingerprint density at radius 1 is 1.35 bits per heavy atom. The summed E-state index contributed by atoms with van der Waals surface area (Å²) >= 11 is 3.25. The van der Waals surface area contributed by atoms with Gasteiger partial charge in [0.05, 0.1) is 23.4 Å². The number of ether oxygens (including phenoxy) is 3. The van der Waals surface area contributed by atoms with Crippen molar-refractivity contribution in [3.63, 3.8) is 0 Å². The molecule has 5 nitrogen and oxygen atoms in total. The third-order valence-electron chi connectivity index (χ3n) is 4.96. The molecule has 1 saturated heterocycles. The van der Waals surface area contributed by atoms with E-state index in [4.69, 9.17) is 14.2 Å². The van der Waals surface area contributed by atoms with Crippen molar-refractivity contribution in [3.8, 4) is 0 Å². The van der Waals surface area contributed by atoms with Gasteiger partial charge in [-0.05, 0) is 60.2 Å². The van der Waals surface area contributed by atoms with Crippen LogP contribution in [0.25, 0.3) is 10.2 Å². The van der Waals surface area contributed by atoms with E-state index < -0.39 is 17.4 Å². The Morgan fingerprint density at radius 3 is 2.87 bits per heavy atom. The molecule has 1 fully saturated rings.